The number of nitrogens with two attached hydrogens (primary N) is 1. The number of benzene rings is 1. The highest BCUT2D eigenvalue weighted by atomic mass is 32.1. The van der Waals surface area contributed by atoms with Crippen LogP contribution < -0.4 is 15.8 Å². The van der Waals surface area contributed by atoms with Gasteiger partial charge in [0.1, 0.15) is 10.8 Å². The normalized spacial score (nSPS) is 14.8. The number of carbonyl (C=O) groups is 1. The SMILES string of the molecule is COc1ccc(-c2nc(C)c(C(C)NC(=O)C(C)C(C)N)s2)cc1. The highest BCUT2D eigenvalue weighted by Crippen LogP contribution is 2.32. The van der Waals surface area contributed by atoms with Gasteiger partial charge in [-0.2, -0.15) is 0 Å². The van der Waals surface area contributed by atoms with Crippen LogP contribution in [0.25, 0.3) is 10.6 Å². The fourth-order valence-corrected chi connectivity index (χ4v) is 3.39. The molecule has 130 valence electrons. The fraction of sp³-hybridized carbons (Fsp3) is 0.444. The number of rotatable bonds is 6. The second-order valence-corrected chi connectivity index (χ2v) is 7.11. The van der Waals surface area contributed by atoms with E-state index in [4.69, 9.17) is 10.5 Å². The van der Waals surface area contributed by atoms with E-state index < -0.39 is 0 Å². The van der Waals surface area contributed by atoms with Gasteiger partial charge in [-0.1, -0.05) is 6.92 Å². The molecule has 0 aliphatic carbocycles. The smallest absolute Gasteiger partial charge is 0.224 e. The van der Waals surface area contributed by atoms with Crippen molar-refractivity contribution in [1.29, 1.82) is 0 Å². The molecule has 2 rings (SSSR count). The molecule has 1 heterocycles. The topological polar surface area (TPSA) is 77.2 Å². The van der Waals surface area contributed by atoms with Crippen LogP contribution in [0.3, 0.4) is 0 Å². The molecule has 0 saturated heterocycles. The molecule has 0 bridgehead atoms. The molecule has 3 atom stereocenters. The first-order valence-corrected chi connectivity index (χ1v) is 8.82. The summed E-state index contributed by atoms with van der Waals surface area (Å²) in [7, 11) is 1.65. The third kappa shape index (κ3) is 4.13. The van der Waals surface area contributed by atoms with E-state index in [1.165, 1.54) is 0 Å². The number of thiazole rings is 1. The average molecular weight is 347 g/mol. The first-order chi connectivity index (χ1) is 11.3. The van der Waals surface area contributed by atoms with E-state index >= 15 is 0 Å². The molecule has 0 aliphatic heterocycles. The molecule has 0 spiro atoms. The summed E-state index contributed by atoms with van der Waals surface area (Å²) in [5.74, 6) is 0.566. The van der Waals surface area contributed by atoms with Gasteiger partial charge >= 0.3 is 0 Å². The van der Waals surface area contributed by atoms with Crippen molar-refractivity contribution in [2.45, 2.75) is 39.8 Å². The van der Waals surface area contributed by atoms with E-state index in [2.05, 4.69) is 10.3 Å². The van der Waals surface area contributed by atoms with Crippen LogP contribution in [-0.4, -0.2) is 24.0 Å². The Labute approximate surface area is 147 Å². The van der Waals surface area contributed by atoms with Crippen LogP contribution in [0.2, 0.25) is 0 Å². The van der Waals surface area contributed by atoms with Gasteiger partial charge in [-0.25, -0.2) is 4.98 Å². The molecule has 0 fully saturated rings. The van der Waals surface area contributed by atoms with Crippen LogP contribution in [0, 0.1) is 12.8 Å². The second kappa shape index (κ2) is 7.77. The number of aryl methyl sites for hydroxylation is 1. The fourth-order valence-electron chi connectivity index (χ4n) is 2.32. The Bertz CT molecular complexity index is 695. The van der Waals surface area contributed by atoms with E-state index in [-0.39, 0.29) is 23.9 Å². The summed E-state index contributed by atoms with van der Waals surface area (Å²) in [6, 6.07) is 7.55. The number of carbonyl (C=O) groups excluding carboxylic acids is 1. The molecular weight excluding hydrogens is 322 g/mol. The first kappa shape index (κ1) is 18.4. The number of nitrogens with zero attached hydrogens (tertiary/aromatic N) is 1. The molecule has 2 aromatic rings. The largest absolute Gasteiger partial charge is 0.497 e. The monoisotopic (exact) mass is 347 g/mol. The predicted molar refractivity (Wildman–Crippen MR) is 98.2 cm³/mol. The number of methoxy groups -OCH3 is 1. The Balaban J connectivity index is 2.16. The summed E-state index contributed by atoms with van der Waals surface area (Å²) in [6.45, 7) is 7.63. The van der Waals surface area contributed by atoms with Gasteiger partial charge in [0, 0.05) is 17.5 Å². The summed E-state index contributed by atoms with van der Waals surface area (Å²) >= 11 is 1.60. The summed E-state index contributed by atoms with van der Waals surface area (Å²) in [5.41, 5.74) is 7.78. The van der Waals surface area contributed by atoms with Crippen molar-refractivity contribution in [3.8, 4) is 16.3 Å². The van der Waals surface area contributed by atoms with Crippen LogP contribution in [0.1, 0.15) is 37.4 Å². The second-order valence-electron chi connectivity index (χ2n) is 6.08. The molecule has 5 nitrogen and oxygen atoms in total. The van der Waals surface area contributed by atoms with Crippen molar-refractivity contribution < 1.29 is 9.53 Å². The predicted octanol–water partition coefficient (Wildman–Crippen LogP) is 3.29. The lowest BCUT2D eigenvalue weighted by Crippen LogP contribution is -2.39. The van der Waals surface area contributed by atoms with Gasteiger partial charge in [0.2, 0.25) is 5.91 Å². The standard InChI is InChI=1S/C18H25N3O2S/c1-10(11(2)19)17(22)20-12(3)16-13(4)21-18(24-16)14-6-8-15(23-5)9-7-14/h6-12H,19H2,1-5H3,(H,20,22). The number of hydrogen-bond donors (Lipinski definition) is 2. The van der Waals surface area contributed by atoms with Crippen molar-refractivity contribution in [1.82, 2.24) is 10.3 Å². The van der Waals surface area contributed by atoms with E-state index in [0.717, 1.165) is 26.9 Å². The third-order valence-corrected chi connectivity index (χ3v) is 5.51. The van der Waals surface area contributed by atoms with Gasteiger partial charge in [-0.15, -0.1) is 11.3 Å². The highest BCUT2D eigenvalue weighted by molar-refractivity contribution is 7.15. The van der Waals surface area contributed by atoms with Gasteiger partial charge in [0.15, 0.2) is 0 Å². The van der Waals surface area contributed by atoms with Gasteiger partial charge in [-0.3, -0.25) is 4.79 Å². The van der Waals surface area contributed by atoms with Gasteiger partial charge in [0.05, 0.1) is 23.7 Å². The molecule has 1 amide bonds. The molecule has 0 radical (unpaired) electrons. The van der Waals surface area contributed by atoms with E-state index in [1.807, 2.05) is 52.0 Å². The minimum Gasteiger partial charge on any atom is -0.497 e. The Hall–Kier alpha value is -1.92. The zero-order chi connectivity index (χ0) is 17.9. The van der Waals surface area contributed by atoms with Crippen molar-refractivity contribution in [3.05, 3.63) is 34.8 Å². The molecule has 24 heavy (non-hydrogen) atoms. The zero-order valence-corrected chi connectivity index (χ0v) is 15.6. The number of ether oxygens (including phenoxy) is 1. The van der Waals surface area contributed by atoms with E-state index in [9.17, 15) is 4.79 Å². The lowest BCUT2D eigenvalue weighted by atomic mass is 10.0. The molecule has 1 aromatic heterocycles. The molecule has 6 heteroatoms. The Morgan fingerprint density at radius 3 is 2.42 bits per heavy atom. The van der Waals surface area contributed by atoms with Crippen LogP contribution >= 0.6 is 11.3 Å². The van der Waals surface area contributed by atoms with E-state index in [1.54, 1.807) is 18.4 Å². The average Bonchev–Trinajstić information content (AvgIpc) is 2.95. The number of amides is 1. The maximum absolute atomic E-state index is 12.2. The lowest BCUT2D eigenvalue weighted by Gasteiger charge is -2.19. The number of aromatic nitrogens is 1. The Morgan fingerprint density at radius 2 is 1.88 bits per heavy atom. The molecule has 3 unspecified atom stereocenters. The van der Waals surface area contributed by atoms with Gasteiger partial charge < -0.3 is 15.8 Å². The van der Waals surface area contributed by atoms with Crippen LogP contribution in [0.15, 0.2) is 24.3 Å². The van der Waals surface area contributed by atoms with Gasteiger partial charge in [-0.05, 0) is 45.0 Å². The summed E-state index contributed by atoms with van der Waals surface area (Å²) in [5, 5.41) is 3.97. The van der Waals surface area contributed by atoms with Crippen LogP contribution in [0.4, 0.5) is 0 Å². The first-order valence-electron chi connectivity index (χ1n) is 8.01. The molecule has 3 N–H and O–H groups in total. The summed E-state index contributed by atoms with van der Waals surface area (Å²) in [6.07, 6.45) is 0. The van der Waals surface area contributed by atoms with Crippen LogP contribution in [-0.2, 0) is 4.79 Å². The number of nitrogens with one attached hydrogen (secondary N) is 1. The molecular formula is C18H25N3O2S. The zero-order valence-electron chi connectivity index (χ0n) is 14.8. The molecule has 0 saturated carbocycles. The third-order valence-electron chi connectivity index (χ3n) is 4.12. The number of hydrogen-bond acceptors (Lipinski definition) is 5. The minimum atomic E-state index is -0.221. The van der Waals surface area contributed by atoms with E-state index in [0.29, 0.717) is 0 Å². The summed E-state index contributed by atoms with van der Waals surface area (Å²) < 4.78 is 5.18. The Kier molecular flexibility index (Phi) is 5.96. The molecule has 0 aliphatic rings. The van der Waals surface area contributed by atoms with Gasteiger partial charge in [0.25, 0.3) is 0 Å². The summed E-state index contributed by atoms with van der Waals surface area (Å²) in [4.78, 5) is 17.9. The van der Waals surface area contributed by atoms with Crippen molar-refractivity contribution in [2.75, 3.05) is 7.11 Å². The molecule has 1 aromatic carbocycles. The quantitative estimate of drug-likeness (QED) is 0.840. The van der Waals surface area contributed by atoms with Crippen molar-refractivity contribution in [2.24, 2.45) is 11.7 Å². The maximum Gasteiger partial charge on any atom is 0.224 e. The minimum absolute atomic E-state index is 0.0312. The maximum atomic E-state index is 12.2. The van der Waals surface area contributed by atoms with Crippen LogP contribution in [0.5, 0.6) is 5.75 Å². The van der Waals surface area contributed by atoms with Crippen molar-refractivity contribution >= 4 is 17.2 Å². The Morgan fingerprint density at radius 1 is 1.25 bits per heavy atom. The highest BCUT2D eigenvalue weighted by Gasteiger charge is 2.22. The lowest BCUT2D eigenvalue weighted by molar-refractivity contribution is -0.125. The van der Waals surface area contributed by atoms with Crippen molar-refractivity contribution in [3.63, 3.8) is 0 Å².